The van der Waals surface area contributed by atoms with Gasteiger partial charge in [0.15, 0.2) is 0 Å². The van der Waals surface area contributed by atoms with Gasteiger partial charge < -0.3 is 9.64 Å². The Balaban J connectivity index is 2.17. The fraction of sp³-hybridized carbons (Fsp3) is 0.593. The molecule has 1 amide bonds. The molecular formula is C27H39NO4. The number of benzene rings is 1. The zero-order chi connectivity index (χ0) is 23.9. The van der Waals surface area contributed by atoms with Crippen molar-refractivity contribution in [1.29, 1.82) is 0 Å². The largest absolute Gasteiger partial charge is 0.460 e. The number of hydrogen-bond donors (Lipinski definition) is 0. The van der Waals surface area contributed by atoms with Gasteiger partial charge in [0.2, 0.25) is 5.78 Å². The normalized spacial score (nSPS) is 18.0. The summed E-state index contributed by atoms with van der Waals surface area (Å²) in [6.45, 7) is 13.8. The average molecular weight is 442 g/mol. The van der Waals surface area contributed by atoms with Crippen LogP contribution in [0.15, 0.2) is 43.0 Å². The number of hydrogen-bond acceptors (Lipinski definition) is 4. The van der Waals surface area contributed by atoms with E-state index in [-0.39, 0.29) is 6.10 Å². The van der Waals surface area contributed by atoms with Crippen LogP contribution in [0.3, 0.4) is 0 Å². The molecule has 0 bridgehead atoms. The number of ketones is 1. The van der Waals surface area contributed by atoms with Crippen molar-refractivity contribution >= 4 is 17.7 Å². The zero-order valence-corrected chi connectivity index (χ0v) is 20.4. The van der Waals surface area contributed by atoms with Gasteiger partial charge in [-0.2, -0.15) is 0 Å². The molecule has 1 aliphatic heterocycles. The quantitative estimate of drug-likeness (QED) is 0.287. The third-order valence-electron chi connectivity index (χ3n) is 6.88. The van der Waals surface area contributed by atoms with E-state index in [1.165, 1.54) is 10.5 Å². The third-order valence-corrected chi connectivity index (χ3v) is 6.88. The number of amides is 1. The summed E-state index contributed by atoms with van der Waals surface area (Å²) in [6.07, 6.45) is 5.55. The molecule has 1 heterocycles. The van der Waals surface area contributed by atoms with E-state index in [0.29, 0.717) is 25.8 Å². The second kappa shape index (κ2) is 10.9. The van der Waals surface area contributed by atoms with E-state index in [9.17, 15) is 14.4 Å². The van der Waals surface area contributed by atoms with Gasteiger partial charge in [-0.1, -0.05) is 71.0 Å². The van der Waals surface area contributed by atoms with Crippen LogP contribution in [-0.2, 0) is 25.5 Å². The number of nitrogens with zero attached hydrogens (tertiary/aromatic N) is 1. The summed E-state index contributed by atoms with van der Waals surface area (Å²) < 4.78 is 6.02. The van der Waals surface area contributed by atoms with Crippen LogP contribution in [-0.4, -0.2) is 41.3 Å². The molecule has 1 aromatic rings. The van der Waals surface area contributed by atoms with Crippen molar-refractivity contribution < 1.29 is 19.1 Å². The molecule has 0 radical (unpaired) electrons. The van der Waals surface area contributed by atoms with Crippen LogP contribution >= 0.6 is 0 Å². The molecule has 5 nitrogen and oxygen atoms in total. The fourth-order valence-electron chi connectivity index (χ4n) is 3.88. The Hall–Kier alpha value is -2.43. The molecule has 0 spiro atoms. The van der Waals surface area contributed by atoms with Gasteiger partial charge in [-0.15, -0.1) is 6.58 Å². The van der Waals surface area contributed by atoms with Crippen LogP contribution in [0.5, 0.6) is 0 Å². The molecule has 176 valence electrons. The van der Waals surface area contributed by atoms with Gasteiger partial charge in [0.25, 0.3) is 5.91 Å². The average Bonchev–Trinajstić information content (AvgIpc) is 2.81. The number of rotatable bonds is 10. The number of piperidine rings is 1. The van der Waals surface area contributed by atoms with E-state index in [4.69, 9.17) is 4.74 Å². The van der Waals surface area contributed by atoms with Crippen LogP contribution in [0.4, 0.5) is 0 Å². The van der Waals surface area contributed by atoms with Gasteiger partial charge in [0, 0.05) is 17.4 Å². The molecule has 1 unspecified atom stereocenters. The van der Waals surface area contributed by atoms with Crippen molar-refractivity contribution in [3.05, 3.63) is 48.6 Å². The molecule has 5 heteroatoms. The summed E-state index contributed by atoms with van der Waals surface area (Å²) in [5.74, 6) is -1.43. The van der Waals surface area contributed by atoms with E-state index >= 15 is 0 Å². The summed E-state index contributed by atoms with van der Waals surface area (Å²) in [5.41, 5.74) is 0.00952. The second-order valence-corrected chi connectivity index (χ2v) is 10.1. The number of carbonyl (C=O) groups excluding carboxylic acids is 3. The number of carbonyl (C=O) groups is 3. The van der Waals surface area contributed by atoms with Crippen LogP contribution in [0.2, 0.25) is 0 Å². The van der Waals surface area contributed by atoms with Crippen LogP contribution in [0.25, 0.3) is 0 Å². The number of Topliss-reactive ketones (excluding diaryl/α,β-unsaturated/α-hetero) is 1. The fourth-order valence-corrected chi connectivity index (χ4v) is 3.88. The van der Waals surface area contributed by atoms with E-state index < -0.39 is 34.5 Å². The van der Waals surface area contributed by atoms with Crippen molar-refractivity contribution in [3.63, 3.8) is 0 Å². The van der Waals surface area contributed by atoms with Crippen LogP contribution < -0.4 is 0 Å². The van der Waals surface area contributed by atoms with Gasteiger partial charge in [0.05, 0.1) is 0 Å². The molecule has 1 fully saturated rings. The molecule has 32 heavy (non-hydrogen) atoms. The molecule has 0 N–H and O–H groups in total. The highest BCUT2D eigenvalue weighted by atomic mass is 16.5. The number of likely N-dealkylation sites (tertiary alicyclic amines) is 1. The summed E-state index contributed by atoms with van der Waals surface area (Å²) in [6, 6.07) is 9.37. The summed E-state index contributed by atoms with van der Waals surface area (Å²) >= 11 is 0. The SMILES string of the molecule is C=CC(C)(C)C(CCc1ccccc1)OC(=O)[C@H]1CCCCN1C(=O)C(=O)C(C)(C)CC. The maximum atomic E-state index is 13.3. The van der Waals surface area contributed by atoms with Gasteiger partial charge in [-0.3, -0.25) is 9.59 Å². The van der Waals surface area contributed by atoms with Crippen molar-refractivity contribution in [2.24, 2.45) is 10.8 Å². The highest BCUT2D eigenvalue weighted by Crippen LogP contribution is 2.31. The summed E-state index contributed by atoms with van der Waals surface area (Å²) in [5, 5.41) is 0. The van der Waals surface area contributed by atoms with Crippen molar-refractivity contribution in [3.8, 4) is 0 Å². The maximum absolute atomic E-state index is 13.3. The molecule has 1 aromatic carbocycles. The smallest absolute Gasteiger partial charge is 0.329 e. The Morgan fingerprint density at radius 2 is 1.81 bits per heavy atom. The third kappa shape index (κ3) is 6.30. The van der Waals surface area contributed by atoms with E-state index in [1.807, 2.05) is 45.0 Å². The van der Waals surface area contributed by atoms with E-state index in [0.717, 1.165) is 19.3 Å². The van der Waals surface area contributed by atoms with Crippen molar-refractivity contribution in [2.75, 3.05) is 6.54 Å². The molecule has 2 atom stereocenters. The van der Waals surface area contributed by atoms with Crippen molar-refractivity contribution in [1.82, 2.24) is 4.90 Å². The Morgan fingerprint density at radius 3 is 2.41 bits per heavy atom. The first-order valence-corrected chi connectivity index (χ1v) is 11.8. The molecule has 1 aliphatic rings. The number of ether oxygens (including phenoxy) is 1. The van der Waals surface area contributed by atoms with Crippen molar-refractivity contribution in [2.45, 2.75) is 85.3 Å². The Labute approximate surface area is 193 Å². The molecule has 0 aromatic heterocycles. The lowest BCUT2D eigenvalue weighted by atomic mass is 9.83. The minimum Gasteiger partial charge on any atom is -0.460 e. The number of esters is 1. The van der Waals surface area contributed by atoms with Gasteiger partial charge >= 0.3 is 5.97 Å². The lowest BCUT2D eigenvalue weighted by Crippen LogP contribution is -2.54. The first kappa shape index (κ1) is 25.8. The van der Waals surface area contributed by atoms with Gasteiger partial charge in [-0.05, 0) is 44.1 Å². The Bertz CT molecular complexity index is 812. The second-order valence-electron chi connectivity index (χ2n) is 10.1. The zero-order valence-electron chi connectivity index (χ0n) is 20.4. The highest BCUT2D eigenvalue weighted by Gasteiger charge is 2.42. The van der Waals surface area contributed by atoms with Crippen LogP contribution in [0, 0.1) is 10.8 Å². The van der Waals surface area contributed by atoms with Gasteiger partial charge in [-0.25, -0.2) is 4.79 Å². The lowest BCUT2D eigenvalue weighted by molar-refractivity contribution is -0.167. The standard InChI is InChI=1S/C27H39NO4/c1-7-26(3,4)22(18-17-20-14-10-9-11-15-20)32-25(31)21-16-12-13-19-28(21)24(30)23(29)27(5,6)8-2/h7,9-11,14-15,21-22H,1,8,12-13,16-19H2,2-6H3/t21-,22?/m1/s1. The molecule has 0 aliphatic carbocycles. The lowest BCUT2D eigenvalue weighted by Gasteiger charge is -2.38. The Kier molecular flexibility index (Phi) is 8.82. The van der Waals surface area contributed by atoms with Crippen LogP contribution in [0.1, 0.15) is 72.3 Å². The summed E-state index contributed by atoms with van der Waals surface area (Å²) in [7, 11) is 0. The maximum Gasteiger partial charge on any atom is 0.329 e. The predicted molar refractivity (Wildman–Crippen MR) is 127 cm³/mol. The number of aryl methyl sites for hydroxylation is 1. The highest BCUT2D eigenvalue weighted by molar-refractivity contribution is 6.38. The Morgan fingerprint density at radius 1 is 1.16 bits per heavy atom. The summed E-state index contributed by atoms with van der Waals surface area (Å²) in [4.78, 5) is 40.5. The molecule has 1 saturated heterocycles. The first-order valence-electron chi connectivity index (χ1n) is 11.8. The first-order chi connectivity index (χ1) is 15.0. The molecule has 2 rings (SSSR count). The van der Waals surface area contributed by atoms with E-state index in [2.05, 4.69) is 18.7 Å². The van der Waals surface area contributed by atoms with E-state index in [1.54, 1.807) is 13.8 Å². The topological polar surface area (TPSA) is 63.7 Å². The van der Waals surface area contributed by atoms with Gasteiger partial charge in [0.1, 0.15) is 12.1 Å². The minimum atomic E-state index is -0.744. The minimum absolute atomic E-state index is 0.380. The monoisotopic (exact) mass is 441 g/mol. The molecule has 0 saturated carbocycles. The molecular weight excluding hydrogens is 402 g/mol. The predicted octanol–water partition coefficient (Wildman–Crippen LogP) is 5.13.